The van der Waals surface area contributed by atoms with Gasteiger partial charge in [0.05, 0.1) is 19.3 Å². The lowest BCUT2D eigenvalue weighted by Crippen LogP contribution is -2.30. The molecule has 0 bridgehead atoms. The van der Waals surface area contributed by atoms with Crippen LogP contribution in [0.25, 0.3) is 0 Å². The van der Waals surface area contributed by atoms with Crippen LogP contribution in [0.1, 0.15) is 11.1 Å². The van der Waals surface area contributed by atoms with Crippen molar-refractivity contribution in [3.63, 3.8) is 0 Å². The number of aliphatic hydroxyl groups excluding tert-OH is 1. The first-order valence-electron chi connectivity index (χ1n) is 8.65. The molecule has 7 heteroatoms. The van der Waals surface area contributed by atoms with Crippen LogP contribution < -0.4 is 5.32 Å². The third-order valence-electron chi connectivity index (χ3n) is 3.34. The van der Waals surface area contributed by atoms with Gasteiger partial charge in [0, 0.05) is 25.2 Å². The lowest BCUT2D eigenvalue weighted by atomic mass is 10.2. The average molecular weight is 387 g/mol. The van der Waals surface area contributed by atoms with Crippen LogP contribution in [0.3, 0.4) is 0 Å². The number of carboxylic acid groups (broad SMARTS) is 2. The second-order valence-corrected chi connectivity index (χ2v) is 5.78. The second-order valence-electron chi connectivity index (χ2n) is 5.78. The predicted octanol–water partition coefficient (Wildman–Crippen LogP) is 2.07. The Kier molecular flexibility index (Phi) is 11.6. The van der Waals surface area contributed by atoms with E-state index in [-0.39, 0.29) is 0 Å². The summed E-state index contributed by atoms with van der Waals surface area (Å²) in [5, 5.41) is 28.7. The molecular formula is C21H25NO6. The summed E-state index contributed by atoms with van der Waals surface area (Å²) in [6, 6.07) is 20.1. The van der Waals surface area contributed by atoms with Gasteiger partial charge < -0.3 is 25.4 Å². The van der Waals surface area contributed by atoms with E-state index in [1.807, 2.05) is 48.5 Å². The molecule has 2 aromatic carbocycles. The zero-order valence-electron chi connectivity index (χ0n) is 15.4. The Morgan fingerprint density at radius 3 is 1.89 bits per heavy atom. The van der Waals surface area contributed by atoms with E-state index < -0.39 is 18.0 Å². The van der Waals surface area contributed by atoms with Crippen molar-refractivity contribution in [2.24, 2.45) is 0 Å². The fourth-order valence-electron chi connectivity index (χ4n) is 2.07. The quantitative estimate of drug-likeness (QED) is 0.461. The van der Waals surface area contributed by atoms with Crippen molar-refractivity contribution in [3.8, 4) is 0 Å². The van der Waals surface area contributed by atoms with Gasteiger partial charge >= 0.3 is 11.9 Å². The Morgan fingerprint density at radius 2 is 1.39 bits per heavy atom. The molecule has 2 rings (SSSR count). The third kappa shape index (κ3) is 12.4. The van der Waals surface area contributed by atoms with Gasteiger partial charge in [-0.15, -0.1) is 0 Å². The Hall–Kier alpha value is -3.00. The second kappa shape index (κ2) is 14.1. The molecule has 28 heavy (non-hydrogen) atoms. The van der Waals surface area contributed by atoms with Gasteiger partial charge in [0.1, 0.15) is 0 Å². The maximum Gasteiger partial charge on any atom is 0.328 e. The molecule has 0 heterocycles. The van der Waals surface area contributed by atoms with Crippen LogP contribution in [0.2, 0.25) is 0 Å². The monoisotopic (exact) mass is 387 g/mol. The Bertz CT molecular complexity index is 657. The highest BCUT2D eigenvalue weighted by molar-refractivity contribution is 5.89. The zero-order valence-corrected chi connectivity index (χ0v) is 15.4. The third-order valence-corrected chi connectivity index (χ3v) is 3.34. The summed E-state index contributed by atoms with van der Waals surface area (Å²) >= 11 is 0. The van der Waals surface area contributed by atoms with Gasteiger partial charge in [0.2, 0.25) is 0 Å². The molecular weight excluding hydrogens is 362 g/mol. The van der Waals surface area contributed by atoms with Crippen molar-refractivity contribution in [1.82, 2.24) is 5.32 Å². The number of hydrogen-bond acceptors (Lipinski definition) is 5. The molecule has 0 saturated carbocycles. The highest BCUT2D eigenvalue weighted by Crippen LogP contribution is 2.01. The Labute approximate surface area is 163 Å². The summed E-state index contributed by atoms with van der Waals surface area (Å²) in [7, 11) is 0. The number of nitrogens with one attached hydrogen (secondary N) is 1. The number of aliphatic hydroxyl groups is 1. The van der Waals surface area contributed by atoms with Crippen LogP contribution in [-0.4, -0.2) is 46.5 Å². The highest BCUT2D eigenvalue weighted by Gasteiger charge is 2.04. The summed E-state index contributed by atoms with van der Waals surface area (Å²) in [4.78, 5) is 19.1. The van der Waals surface area contributed by atoms with Crippen molar-refractivity contribution in [3.05, 3.63) is 83.9 Å². The molecule has 0 fully saturated rings. The molecule has 2 aromatic rings. The summed E-state index contributed by atoms with van der Waals surface area (Å²) in [6.45, 7) is 2.17. The van der Waals surface area contributed by atoms with Gasteiger partial charge in [-0.25, -0.2) is 9.59 Å². The summed E-state index contributed by atoms with van der Waals surface area (Å²) in [6.07, 6.45) is 0.632. The first-order valence-corrected chi connectivity index (χ1v) is 8.65. The van der Waals surface area contributed by atoms with Crippen LogP contribution >= 0.6 is 0 Å². The summed E-state index contributed by atoms with van der Waals surface area (Å²) in [5.74, 6) is -2.51. The molecule has 1 atom stereocenters. The van der Waals surface area contributed by atoms with Gasteiger partial charge in [-0.2, -0.15) is 0 Å². The minimum absolute atomic E-state index is 0.344. The number of carboxylic acids is 2. The molecule has 7 nitrogen and oxygen atoms in total. The fraction of sp³-hybridized carbons (Fsp3) is 0.238. The van der Waals surface area contributed by atoms with E-state index in [1.165, 1.54) is 5.56 Å². The van der Waals surface area contributed by atoms with Crippen molar-refractivity contribution in [2.45, 2.75) is 19.3 Å². The molecule has 1 unspecified atom stereocenters. The molecule has 4 N–H and O–H groups in total. The zero-order chi connectivity index (χ0) is 20.6. The van der Waals surface area contributed by atoms with Crippen molar-refractivity contribution < 1.29 is 29.6 Å². The first-order chi connectivity index (χ1) is 13.5. The van der Waals surface area contributed by atoms with E-state index in [1.54, 1.807) is 0 Å². The maximum absolute atomic E-state index is 9.82. The normalized spacial score (nSPS) is 11.5. The maximum atomic E-state index is 9.82. The van der Waals surface area contributed by atoms with Gasteiger partial charge in [0.15, 0.2) is 0 Å². The fourth-order valence-corrected chi connectivity index (χ4v) is 2.07. The molecule has 0 saturated heterocycles. The Morgan fingerprint density at radius 1 is 0.893 bits per heavy atom. The van der Waals surface area contributed by atoms with E-state index >= 15 is 0 Å². The number of carbonyl (C=O) groups is 2. The average Bonchev–Trinajstić information content (AvgIpc) is 2.68. The number of aliphatic carboxylic acids is 2. The van der Waals surface area contributed by atoms with Gasteiger partial charge in [-0.3, -0.25) is 0 Å². The van der Waals surface area contributed by atoms with Crippen molar-refractivity contribution in [1.29, 1.82) is 0 Å². The first kappa shape index (κ1) is 23.0. The van der Waals surface area contributed by atoms with E-state index in [4.69, 9.17) is 14.9 Å². The summed E-state index contributed by atoms with van der Waals surface area (Å²) in [5.41, 5.74) is 2.34. The topological polar surface area (TPSA) is 116 Å². The lowest BCUT2D eigenvalue weighted by molar-refractivity contribution is -0.134. The lowest BCUT2D eigenvalue weighted by Gasteiger charge is -2.12. The van der Waals surface area contributed by atoms with E-state index in [2.05, 4.69) is 17.4 Å². The molecule has 150 valence electrons. The molecule has 0 radical (unpaired) electrons. The molecule has 0 aliphatic carbocycles. The van der Waals surface area contributed by atoms with Crippen LogP contribution in [0, 0.1) is 0 Å². The minimum Gasteiger partial charge on any atom is -0.478 e. The molecule has 0 spiro atoms. The van der Waals surface area contributed by atoms with E-state index in [9.17, 15) is 14.7 Å². The molecule has 0 aliphatic rings. The molecule has 0 amide bonds. The van der Waals surface area contributed by atoms with Crippen molar-refractivity contribution in [2.75, 3.05) is 13.2 Å². The van der Waals surface area contributed by atoms with Crippen LogP contribution in [0.15, 0.2) is 72.8 Å². The number of benzene rings is 2. The van der Waals surface area contributed by atoms with Crippen LogP contribution in [-0.2, 0) is 27.5 Å². The smallest absolute Gasteiger partial charge is 0.328 e. The van der Waals surface area contributed by atoms with E-state index in [0.717, 1.165) is 12.1 Å². The summed E-state index contributed by atoms with van der Waals surface area (Å²) < 4.78 is 5.49. The molecule has 0 aliphatic heterocycles. The highest BCUT2D eigenvalue weighted by atomic mass is 16.5. The SMILES string of the molecule is O=C(O)/C=C\C(=O)O.OC(CNCc1ccccc1)COCc1ccccc1. The van der Waals surface area contributed by atoms with Gasteiger partial charge in [-0.05, 0) is 11.1 Å². The molecule has 0 aromatic heterocycles. The minimum atomic E-state index is -1.26. The van der Waals surface area contributed by atoms with Gasteiger partial charge in [-0.1, -0.05) is 60.7 Å². The Balaban J connectivity index is 0.000000416. The largest absolute Gasteiger partial charge is 0.478 e. The van der Waals surface area contributed by atoms with Crippen LogP contribution in [0.5, 0.6) is 0 Å². The van der Waals surface area contributed by atoms with Crippen molar-refractivity contribution >= 4 is 11.9 Å². The van der Waals surface area contributed by atoms with E-state index in [0.29, 0.717) is 31.9 Å². The predicted molar refractivity (Wildman–Crippen MR) is 105 cm³/mol. The van der Waals surface area contributed by atoms with Crippen LogP contribution in [0.4, 0.5) is 0 Å². The van der Waals surface area contributed by atoms with Gasteiger partial charge in [0.25, 0.3) is 0 Å². The standard InChI is InChI=1S/C17H21NO2.C4H4O4/c19-17(12-18-11-15-7-3-1-4-8-15)14-20-13-16-9-5-2-6-10-16;5-3(6)1-2-4(7)8/h1-10,17-19H,11-14H2;1-2H,(H,5,6)(H,7,8)/b;2-1-. The number of ether oxygens (including phenoxy) is 1. The number of rotatable bonds is 10. The number of hydrogen-bond donors (Lipinski definition) is 4.